The van der Waals surface area contributed by atoms with Crippen molar-refractivity contribution in [3.63, 3.8) is 0 Å². The lowest BCUT2D eigenvalue weighted by atomic mass is 10.1. The SMILES string of the molecule is C[C@@H](NC(=O)N1CCOCC(F)(F)C1)c1ccc2[nH]ncc2c1. The highest BCUT2D eigenvalue weighted by Gasteiger charge is 2.36. The summed E-state index contributed by atoms with van der Waals surface area (Å²) in [6.45, 7) is 0.786. The number of rotatable bonds is 2. The van der Waals surface area contributed by atoms with Gasteiger partial charge in [-0.2, -0.15) is 5.10 Å². The monoisotopic (exact) mass is 324 g/mol. The van der Waals surface area contributed by atoms with Crippen molar-refractivity contribution < 1.29 is 18.3 Å². The number of urea groups is 1. The van der Waals surface area contributed by atoms with Gasteiger partial charge in [0.1, 0.15) is 6.61 Å². The van der Waals surface area contributed by atoms with Gasteiger partial charge in [0.05, 0.1) is 30.9 Å². The number of nitrogens with one attached hydrogen (secondary N) is 2. The number of benzene rings is 1. The summed E-state index contributed by atoms with van der Waals surface area (Å²) in [4.78, 5) is 13.3. The van der Waals surface area contributed by atoms with Crippen molar-refractivity contribution in [2.45, 2.75) is 18.9 Å². The second kappa shape index (κ2) is 6.11. The van der Waals surface area contributed by atoms with E-state index in [1.807, 2.05) is 25.1 Å². The van der Waals surface area contributed by atoms with Gasteiger partial charge in [0.25, 0.3) is 5.92 Å². The highest BCUT2D eigenvalue weighted by Crippen LogP contribution is 2.21. The molecule has 6 nitrogen and oxygen atoms in total. The summed E-state index contributed by atoms with van der Waals surface area (Å²) in [6.07, 6.45) is 1.69. The van der Waals surface area contributed by atoms with Crippen LogP contribution in [0.15, 0.2) is 24.4 Å². The van der Waals surface area contributed by atoms with Crippen molar-refractivity contribution in [2.24, 2.45) is 0 Å². The van der Waals surface area contributed by atoms with Crippen molar-refractivity contribution in [1.29, 1.82) is 0 Å². The number of nitrogens with zero attached hydrogens (tertiary/aromatic N) is 2. The van der Waals surface area contributed by atoms with Gasteiger partial charge in [-0.1, -0.05) is 6.07 Å². The van der Waals surface area contributed by atoms with Gasteiger partial charge in [0.15, 0.2) is 0 Å². The van der Waals surface area contributed by atoms with Gasteiger partial charge in [-0.25, -0.2) is 13.6 Å². The zero-order chi connectivity index (χ0) is 16.4. The summed E-state index contributed by atoms with van der Waals surface area (Å²) in [6, 6.07) is 4.82. The number of carbonyl (C=O) groups excluding carboxylic acids is 1. The maximum Gasteiger partial charge on any atom is 0.318 e. The number of fused-ring (bicyclic) bond motifs is 1. The Bertz CT molecular complexity index is 704. The van der Waals surface area contributed by atoms with Crippen LogP contribution in [0.1, 0.15) is 18.5 Å². The van der Waals surface area contributed by atoms with Crippen LogP contribution in [0.5, 0.6) is 0 Å². The van der Waals surface area contributed by atoms with Crippen molar-refractivity contribution >= 4 is 16.9 Å². The summed E-state index contributed by atoms with van der Waals surface area (Å²) < 4.78 is 31.9. The largest absolute Gasteiger partial charge is 0.373 e. The van der Waals surface area contributed by atoms with Crippen LogP contribution in [0, 0.1) is 0 Å². The Balaban J connectivity index is 1.68. The quantitative estimate of drug-likeness (QED) is 0.890. The first-order valence-corrected chi connectivity index (χ1v) is 7.39. The number of aromatic amines is 1. The number of aromatic nitrogens is 2. The molecule has 1 aromatic heterocycles. The fourth-order valence-corrected chi connectivity index (χ4v) is 2.56. The van der Waals surface area contributed by atoms with E-state index in [1.165, 1.54) is 0 Å². The molecule has 1 atom stereocenters. The minimum atomic E-state index is -3.02. The molecule has 23 heavy (non-hydrogen) atoms. The van der Waals surface area contributed by atoms with E-state index in [9.17, 15) is 13.6 Å². The van der Waals surface area contributed by atoms with Gasteiger partial charge >= 0.3 is 6.03 Å². The highest BCUT2D eigenvalue weighted by atomic mass is 19.3. The molecule has 1 fully saturated rings. The van der Waals surface area contributed by atoms with Crippen molar-refractivity contribution in [3.8, 4) is 0 Å². The second-order valence-corrected chi connectivity index (χ2v) is 5.72. The number of halogens is 2. The van der Waals surface area contributed by atoms with E-state index < -0.39 is 25.1 Å². The Morgan fingerprint density at radius 3 is 3.17 bits per heavy atom. The molecule has 0 bridgehead atoms. The normalized spacial score (nSPS) is 19.3. The summed E-state index contributed by atoms with van der Waals surface area (Å²) in [7, 11) is 0. The van der Waals surface area contributed by atoms with Crippen LogP contribution < -0.4 is 5.32 Å². The molecular formula is C15H18F2N4O2. The van der Waals surface area contributed by atoms with E-state index >= 15 is 0 Å². The van der Waals surface area contributed by atoms with Crippen molar-refractivity contribution in [1.82, 2.24) is 20.4 Å². The first-order valence-electron chi connectivity index (χ1n) is 7.39. The third kappa shape index (κ3) is 3.58. The molecule has 1 aliphatic rings. The molecular weight excluding hydrogens is 306 g/mol. The molecule has 0 saturated carbocycles. The van der Waals surface area contributed by atoms with Crippen LogP contribution >= 0.6 is 0 Å². The molecule has 124 valence electrons. The van der Waals surface area contributed by atoms with Gasteiger partial charge in [-0.05, 0) is 24.6 Å². The average Bonchev–Trinajstić information content (AvgIpc) is 2.89. The number of ether oxygens (including phenoxy) is 1. The van der Waals surface area contributed by atoms with Gasteiger partial charge in [0.2, 0.25) is 0 Å². The van der Waals surface area contributed by atoms with Crippen LogP contribution in [0.2, 0.25) is 0 Å². The predicted octanol–water partition coefficient (Wildman–Crippen LogP) is 2.30. The maximum atomic E-state index is 13.5. The van der Waals surface area contributed by atoms with Crippen LogP contribution in [0.4, 0.5) is 13.6 Å². The zero-order valence-corrected chi connectivity index (χ0v) is 12.7. The fraction of sp³-hybridized carbons (Fsp3) is 0.467. The number of carbonyl (C=O) groups is 1. The molecule has 1 aliphatic heterocycles. The van der Waals surface area contributed by atoms with E-state index in [4.69, 9.17) is 4.74 Å². The lowest BCUT2D eigenvalue weighted by molar-refractivity contribution is -0.0652. The predicted molar refractivity (Wildman–Crippen MR) is 80.4 cm³/mol. The van der Waals surface area contributed by atoms with Crippen LogP contribution in [-0.4, -0.2) is 53.4 Å². The van der Waals surface area contributed by atoms with E-state index in [2.05, 4.69) is 15.5 Å². The number of H-pyrrole nitrogens is 1. The lowest BCUT2D eigenvalue weighted by Crippen LogP contribution is -2.46. The molecule has 3 rings (SSSR count). The van der Waals surface area contributed by atoms with Crippen molar-refractivity contribution in [2.75, 3.05) is 26.3 Å². The molecule has 0 aliphatic carbocycles. The van der Waals surface area contributed by atoms with Crippen LogP contribution in [0.3, 0.4) is 0 Å². The Hall–Kier alpha value is -2.22. The van der Waals surface area contributed by atoms with E-state index in [0.717, 1.165) is 21.4 Å². The molecule has 8 heteroatoms. The summed E-state index contributed by atoms with van der Waals surface area (Å²) in [5, 5.41) is 10.5. The number of hydrogen-bond donors (Lipinski definition) is 2. The Labute approximate surface area is 131 Å². The molecule has 2 N–H and O–H groups in total. The molecule has 2 aromatic rings. The highest BCUT2D eigenvalue weighted by molar-refractivity contribution is 5.79. The molecule has 1 aromatic carbocycles. The van der Waals surface area contributed by atoms with Gasteiger partial charge in [0, 0.05) is 11.9 Å². The number of amides is 2. The molecule has 0 unspecified atom stereocenters. The second-order valence-electron chi connectivity index (χ2n) is 5.72. The van der Waals surface area contributed by atoms with E-state index in [1.54, 1.807) is 6.20 Å². The van der Waals surface area contributed by atoms with Gasteiger partial charge < -0.3 is 15.0 Å². The van der Waals surface area contributed by atoms with Gasteiger partial charge in [-0.15, -0.1) is 0 Å². The van der Waals surface area contributed by atoms with E-state index in [-0.39, 0.29) is 19.2 Å². The number of alkyl halides is 2. The summed E-state index contributed by atoms with van der Waals surface area (Å²) >= 11 is 0. The molecule has 1 saturated heterocycles. The minimum absolute atomic E-state index is 0.109. The average molecular weight is 324 g/mol. The smallest absolute Gasteiger partial charge is 0.318 e. The molecule has 2 heterocycles. The minimum Gasteiger partial charge on any atom is -0.373 e. The topological polar surface area (TPSA) is 70.2 Å². The molecule has 0 spiro atoms. The maximum absolute atomic E-state index is 13.5. The fourth-order valence-electron chi connectivity index (χ4n) is 2.56. The third-order valence-electron chi connectivity index (χ3n) is 3.83. The van der Waals surface area contributed by atoms with Crippen LogP contribution in [-0.2, 0) is 4.74 Å². The van der Waals surface area contributed by atoms with E-state index in [0.29, 0.717) is 0 Å². The first-order chi connectivity index (χ1) is 10.9. The number of hydrogen-bond acceptors (Lipinski definition) is 3. The molecule has 2 amide bonds. The Morgan fingerprint density at radius 1 is 1.52 bits per heavy atom. The summed E-state index contributed by atoms with van der Waals surface area (Å²) in [5.41, 5.74) is 1.78. The summed E-state index contributed by atoms with van der Waals surface area (Å²) in [5.74, 6) is -3.02. The van der Waals surface area contributed by atoms with Crippen molar-refractivity contribution in [3.05, 3.63) is 30.0 Å². The Kier molecular flexibility index (Phi) is 4.16. The standard InChI is InChI=1S/C15H18F2N4O2/c1-10(11-2-3-13-12(6-11)7-18-20-13)19-14(22)21-4-5-23-9-15(16,17)8-21/h2-3,6-7,10H,4-5,8-9H2,1H3,(H,18,20)(H,19,22)/t10-/m1/s1. The zero-order valence-electron chi connectivity index (χ0n) is 12.7. The third-order valence-corrected chi connectivity index (χ3v) is 3.83. The van der Waals surface area contributed by atoms with Crippen LogP contribution in [0.25, 0.3) is 10.9 Å². The van der Waals surface area contributed by atoms with Gasteiger partial charge in [-0.3, -0.25) is 5.10 Å². The lowest BCUT2D eigenvalue weighted by Gasteiger charge is -2.25. The molecule has 0 radical (unpaired) electrons. The first kappa shape index (κ1) is 15.7. The Morgan fingerprint density at radius 2 is 2.35 bits per heavy atom.